The summed E-state index contributed by atoms with van der Waals surface area (Å²) in [7, 11) is 0. The van der Waals surface area contributed by atoms with Crippen LogP contribution >= 0.6 is 11.8 Å². The Morgan fingerprint density at radius 2 is 1.94 bits per heavy atom. The molecular weight excluding hydrogens is 623 g/mol. The SMILES string of the molecule is CSc1cc(-c2cn(Cc3ccc4cc(CN5CCC6(CCC6)C5)n(C(=O)OC(C)(C)C)c4c3)nn2)c2cnn(C3CCCCO3)c2c1. The molecule has 0 amide bonds. The number of benzene rings is 2. The Morgan fingerprint density at radius 3 is 2.67 bits per heavy atom. The Kier molecular flexibility index (Phi) is 8.12. The molecule has 5 aromatic rings. The lowest BCUT2D eigenvalue weighted by Gasteiger charge is -2.38. The number of hydrogen-bond acceptors (Lipinski definition) is 8. The van der Waals surface area contributed by atoms with Gasteiger partial charge in [-0.05, 0) is 107 Å². The van der Waals surface area contributed by atoms with Crippen LogP contribution in [0.2, 0.25) is 0 Å². The van der Waals surface area contributed by atoms with Crippen molar-refractivity contribution < 1.29 is 14.3 Å². The van der Waals surface area contributed by atoms with E-state index in [1.54, 1.807) is 16.3 Å². The van der Waals surface area contributed by atoms with Crippen LogP contribution in [0.5, 0.6) is 0 Å². The van der Waals surface area contributed by atoms with Crippen LogP contribution in [0.1, 0.15) is 83.2 Å². The van der Waals surface area contributed by atoms with Crippen molar-refractivity contribution >= 4 is 39.7 Å². The predicted octanol–water partition coefficient (Wildman–Crippen LogP) is 7.88. The minimum absolute atomic E-state index is 0.0401. The maximum absolute atomic E-state index is 13.7. The molecule has 8 rings (SSSR count). The van der Waals surface area contributed by atoms with Crippen LogP contribution in [0, 0.1) is 5.41 Å². The lowest BCUT2D eigenvalue weighted by molar-refractivity contribution is -0.0366. The second-order valence-corrected chi connectivity index (χ2v) is 15.9. The molecule has 1 saturated carbocycles. The fourth-order valence-corrected chi connectivity index (χ4v) is 8.27. The van der Waals surface area contributed by atoms with Crippen LogP contribution in [0.4, 0.5) is 4.79 Å². The first-order chi connectivity index (χ1) is 23.2. The molecule has 2 saturated heterocycles. The lowest BCUT2D eigenvalue weighted by Crippen LogP contribution is -2.33. The fraction of sp³-hybridized carbons (Fsp3) is 0.514. The molecule has 1 unspecified atom stereocenters. The monoisotopic (exact) mass is 667 g/mol. The van der Waals surface area contributed by atoms with Crippen LogP contribution in [-0.4, -0.2) is 71.9 Å². The quantitative estimate of drug-likeness (QED) is 0.162. The number of carbonyl (C=O) groups excluding carboxylic acids is 1. The third-order valence-corrected chi connectivity index (χ3v) is 11.1. The first-order valence-electron chi connectivity index (χ1n) is 17.3. The van der Waals surface area contributed by atoms with Crippen molar-refractivity contribution in [1.29, 1.82) is 0 Å². The van der Waals surface area contributed by atoms with E-state index in [9.17, 15) is 4.79 Å². The molecule has 48 heavy (non-hydrogen) atoms. The highest BCUT2D eigenvalue weighted by atomic mass is 32.2. The standard InChI is InChI=1S/C37H45N7O3S/c1-36(2,3)47-35(45)43-27(22-41-14-13-37(24-41)11-7-12-37)17-26-10-9-25(16-32(26)43)21-42-23-31(39-40-42)29-18-28(48-4)19-33-30(29)20-38-44(33)34-8-5-6-15-46-34/h9-10,16-20,23,34H,5-8,11-15,21-22,24H2,1-4H3. The van der Waals surface area contributed by atoms with Crippen molar-refractivity contribution in [2.24, 2.45) is 5.41 Å². The molecule has 3 aliphatic rings. The molecule has 1 spiro atoms. The average molecular weight is 668 g/mol. The number of carbonyl (C=O) groups is 1. The Morgan fingerprint density at radius 1 is 1.06 bits per heavy atom. The van der Waals surface area contributed by atoms with Crippen molar-refractivity contribution in [3.8, 4) is 11.3 Å². The van der Waals surface area contributed by atoms with E-state index in [-0.39, 0.29) is 12.3 Å². The van der Waals surface area contributed by atoms with Crippen LogP contribution in [-0.2, 0) is 22.6 Å². The summed E-state index contributed by atoms with van der Waals surface area (Å²) in [5, 5.41) is 16.0. The van der Waals surface area contributed by atoms with Crippen LogP contribution in [0.3, 0.4) is 0 Å². The summed E-state index contributed by atoms with van der Waals surface area (Å²) in [6.45, 7) is 9.98. The molecule has 0 radical (unpaired) electrons. The highest BCUT2D eigenvalue weighted by molar-refractivity contribution is 7.98. The van der Waals surface area contributed by atoms with Gasteiger partial charge in [0.2, 0.25) is 0 Å². The number of likely N-dealkylation sites (tertiary alicyclic amines) is 1. The molecule has 11 heteroatoms. The Hall–Kier alpha value is -3.67. The van der Waals surface area contributed by atoms with E-state index in [0.717, 1.165) is 94.7 Å². The summed E-state index contributed by atoms with van der Waals surface area (Å²) < 4.78 is 17.7. The van der Waals surface area contributed by atoms with Crippen molar-refractivity contribution in [3.63, 3.8) is 0 Å². The molecular formula is C37H45N7O3S. The van der Waals surface area contributed by atoms with Gasteiger partial charge >= 0.3 is 6.09 Å². The molecule has 3 aromatic heterocycles. The predicted molar refractivity (Wildman–Crippen MR) is 188 cm³/mol. The Labute approximate surface area is 285 Å². The van der Waals surface area contributed by atoms with E-state index in [0.29, 0.717) is 12.0 Å². The molecule has 0 N–H and O–H groups in total. The van der Waals surface area contributed by atoms with Gasteiger partial charge in [-0.15, -0.1) is 16.9 Å². The van der Waals surface area contributed by atoms with Crippen LogP contribution in [0.15, 0.2) is 53.7 Å². The summed E-state index contributed by atoms with van der Waals surface area (Å²) >= 11 is 1.70. The molecule has 3 fully saturated rings. The van der Waals surface area contributed by atoms with Gasteiger partial charge < -0.3 is 9.47 Å². The highest BCUT2D eigenvalue weighted by Crippen LogP contribution is 2.48. The van der Waals surface area contributed by atoms with Gasteiger partial charge in [0.1, 0.15) is 11.3 Å². The average Bonchev–Trinajstić information content (AvgIpc) is 3.85. The summed E-state index contributed by atoms with van der Waals surface area (Å²) in [5.41, 5.74) is 5.65. The zero-order valence-electron chi connectivity index (χ0n) is 28.4. The number of hydrogen-bond donors (Lipinski definition) is 0. The molecule has 5 heterocycles. The van der Waals surface area contributed by atoms with Gasteiger partial charge in [-0.25, -0.2) is 18.7 Å². The second-order valence-electron chi connectivity index (χ2n) is 15.0. The van der Waals surface area contributed by atoms with E-state index >= 15 is 0 Å². The number of fused-ring (bicyclic) bond motifs is 2. The molecule has 252 valence electrons. The minimum atomic E-state index is -0.595. The zero-order chi connectivity index (χ0) is 33.0. The smallest absolute Gasteiger partial charge is 0.419 e. The van der Waals surface area contributed by atoms with Gasteiger partial charge in [0.05, 0.1) is 30.0 Å². The summed E-state index contributed by atoms with van der Waals surface area (Å²) in [6.07, 6.45) is 14.1. The normalized spacial score (nSPS) is 19.8. The van der Waals surface area contributed by atoms with E-state index < -0.39 is 5.60 Å². The molecule has 10 nitrogen and oxygen atoms in total. The second kappa shape index (κ2) is 12.3. The Balaban J connectivity index is 1.09. The lowest BCUT2D eigenvalue weighted by atomic mass is 9.68. The molecule has 2 aliphatic heterocycles. The number of aromatic nitrogens is 6. The topological polar surface area (TPSA) is 92.2 Å². The van der Waals surface area contributed by atoms with Crippen molar-refractivity contribution in [2.45, 2.75) is 95.5 Å². The first kappa shape index (κ1) is 31.6. The third-order valence-electron chi connectivity index (χ3n) is 10.4. The summed E-state index contributed by atoms with van der Waals surface area (Å²) in [6, 6.07) is 12.8. The van der Waals surface area contributed by atoms with Gasteiger partial charge in [0, 0.05) is 46.6 Å². The molecule has 1 atom stereocenters. The van der Waals surface area contributed by atoms with Gasteiger partial charge in [-0.2, -0.15) is 5.10 Å². The number of rotatable bonds is 7. The van der Waals surface area contributed by atoms with E-state index in [4.69, 9.17) is 14.6 Å². The number of nitrogens with zero attached hydrogens (tertiary/aromatic N) is 7. The van der Waals surface area contributed by atoms with Gasteiger partial charge in [-0.1, -0.05) is 23.8 Å². The Bertz CT molecular complexity index is 1980. The summed E-state index contributed by atoms with van der Waals surface area (Å²) in [5.74, 6) is 0. The van der Waals surface area contributed by atoms with E-state index in [2.05, 4.69) is 57.9 Å². The van der Waals surface area contributed by atoms with Crippen molar-refractivity contribution in [2.75, 3.05) is 26.0 Å². The molecule has 0 bridgehead atoms. The maximum atomic E-state index is 13.7. The van der Waals surface area contributed by atoms with Crippen molar-refractivity contribution in [1.82, 2.24) is 34.2 Å². The van der Waals surface area contributed by atoms with Crippen LogP contribution < -0.4 is 0 Å². The number of ether oxygens (including phenoxy) is 2. The zero-order valence-corrected chi connectivity index (χ0v) is 29.3. The van der Waals surface area contributed by atoms with E-state index in [1.165, 1.54) is 25.7 Å². The number of thioether (sulfide) groups is 1. The maximum Gasteiger partial charge on any atom is 0.419 e. The molecule has 2 aromatic carbocycles. The van der Waals surface area contributed by atoms with Gasteiger partial charge in [-0.3, -0.25) is 4.90 Å². The van der Waals surface area contributed by atoms with Crippen molar-refractivity contribution in [3.05, 3.63) is 60.0 Å². The fourth-order valence-electron chi connectivity index (χ4n) is 7.80. The third kappa shape index (κ3) is 6.05. The molecule has 1 aliphatic carbocycles. The minimum Gasteiger partial charge on any atom is -0.443 e. The summed E-state index contributed by atoms with van der Waals surface area (Å²) in [4.78, 5) is 17.4. The first-order valence-corrected chi connectivity index (χ1v) is 18.6. The largest absolute Gasteiger partial charge is 0.443 e. The van der Waals surface area contributed by atoms with Gasteiger partial charge in [0.25, 0.3) is 0 Å². The van der Waals surface area contributed by atoms with Gasteiger partial charge in [0.15, 0.2) is 6.23 Å². The highest BCUT2D eigenvalue weighted by Gasteiger charge is 2.42. The van der Waals surface area contributed by atoms with E-state index in [1.807, 2.05) is 42.5 Å². The van der Waals surface area contributed by atoms with Crippen LogP contribution in [0.25, 0.3) is 33.1 Å².